The van der Waals surface area contributed by atoms with Gasteiger partial charge in [-0.05, 0) is 82.0 Å². The number of hydrogen-bond acceptors (Lipinski definition) is 10. The Morgan fingerprint density at radius 2 is 1.69 bits per heavy atom. The molecular weight excluding hydrogens is 776 g/mol. The second kappa shape index (κ2) is 16.6. The van der Waals surface area contributed by atoms with Crippen LogP contribution in [0, 0.1) is 0 Å². The third-order valence-electron chi connectivity index (χ3n) is 10.7. The topological polar surface area (TPSA) is 193 Å². The van der Waals surface area contributed by atoms with Crippen LogP contribution >= 0.6 is 11.8 Å². The minimum atomic E-state index is -4.71. The molecule has 4 amide bonds. The predicted octanol–water partition coefficient (Wildman–Crippen LogP) is 5.43. The van der Waals surface area contributed by atoms with Gasteiger partial charge in [0.2, 0.25) is 11.8 Å². The number of alkyl halides is 3. The van der Waals surface area contributed by atoms with E-state index in [1.165, 1.54) is 47.6 Å². The number of phenolic OH excluding ortho intramolecular Hbond substituents is 1. The van der Waals surface area contributed by atoms with Crippen LogP contribution in [0.5, 0.6) is 11.5 Å². The maximum atomic E-state index is 14.0. The molecule has 3 aliphatic rings. The summed E-state index contributed by atoms with van der Waals surface area (Å²) in [5, 5.41) is 23.0. The highest BCUT2D eigenvalue weighted by Crippen LogP contribution is 2.51. The van der Waals surface area contributed by atoms with Crippen molar-refractivity contribution in [1.82, 2.24) is 21.0 Å². The smallest absolute Gasteiger partial charge is 0.418 e. The highest BCUT2D eigenvalue weighted by atomic mass is 32.2. The van der Waals surface area contributed by atoms with E-state index in [0.29, 0.717) is 35.0 Å². The Labute approximate surface area is 339 Å². The van der Waals surface area contributed by atoms with Crippen LogP contribution in [-0.4, -0.2) is 75.5 Å². The Bertz CT molecular complexity index is 2030. The monoisotopic (exact) mass is 825 g/mol. The molecule has 17 heteroatoms. The number of anilines is 1. The van der Waals surface area contributed by atoms with E-state index in [2.05, 4.69) is 21.3 Å². The lowest BCUT2D eigenvalue weighted by Crippen LogP contribution is -2.53. The van der Waals surface area contributed by atoms with E-state index in [-0.39, 0.29) is 59.9 Å². The van der Waals surface area contributed by atoms with Crippen molar-refractivity contribution in [2.45, 2.75) is 93.6 Å². The van der Waals surface area contributed by atoms with Gasteiger partial charge in [-0.25, -0.2) is 10.6 Å². The van der Waals surface area contributed by atoms with Crippen LogP contribution < -0.4 is 37.6 Å². The highest BCUT2D eigenvalue weighted by molar-refractivity contribution is 8.00. The van der Waals surface area contributed by atoms with Crippen molar-refractivity contribution in [1.29, 1.82) is 0 Å². The van der Waals surface area contributed by atoms with Crippen molar-refractivity contribution >= 4 is 35.3 Å². The summed E-state index contributed by atoms with van der Waals surface area (Å²) in [6.45, 7) is 7.29. The van der Waals surface area contributed by atoms with Crippen molar-refractivity contribution in [2.24, 2.45) is 11.6 Å². The number of urea groups is 1. The van der Waals surface area contributed by atoms with Gasteiger partial charge in [0, 0.05) is 29.2 Å². The Morgan fingerprint density at radius 3 is 2.36 bits per heavy atom. The Kier molecular flexibility index (Phi) is 12.2. The number of carbonyl (C=O) groups is 3. The second-order valence-electron chi connectivity index (χ2n) is 15.9. The number of halogens is 3. The average Bonchev–Trinajstić information content (AvgIpc) is 3.81. The number of fused-ring (bicyclic) bond motifs is 2. The highest BCUT2D eigenvalue weighted by Gasteiger charge is 2.52. The zero-order valence-electron chi connectivity index (χ0n) is 32.7. The summed E-state index contributed by atoms with van der Waals surface area (Å²) in [7, 11) is 0. The normalized spacial score (nSPS) is 21.8. The Balaban J connectivity index is 1.02. The quantitative estimate of drug-likeness (QED) is 0.0322. The third-order valence-corrected chi connectivity index (χ3v) is 12.2. The summed E-state index contributed by atoms with van der Waals surface area (Å²) < 4.78 is 54.0. The predicted molar refractivity (Wildman–Crippen MR) is 215 cm³/mol. The largest absolute Gasteiger partial charge is 0.508 e. The van der Waals surface area contributed by atoms with Gasteiger partial charge in [-0.15, -0.1) is 0 Å². The molecule has 3 aromatic carbocycles. The molecule has 6 rings (SSSR count). The first kappa shape index (κ1) is 42.5. The number of hydrogen-bond donors (Lipinski definition) is 7. The lowest BCUT2D eigenvalue weighted by Gasteiger charge is -2.37. The van der Waals surface area contributed by atoms with E-state index in [1.807, 2.05) is 25.6 Å². The molecule has 3 aliphatic heterocycles. The van der Waals surface area contributed by atoms with E-state index in [1.54, 1.807) is 38.1 Å². The van der Waals surface area contributed by atoms with E-state index in [0.717, 1.165) is 24.7 Å². The number of thioether (sulfide) groups is 1. The first-order valence-corrected chi connectivity index (χ1v) is 20.0. The number of phenols is 1. The number of benzene rings is 3. The molecule has 0 bridgehead atoms. The summed E-state index contributed by atoms with van der Waals surface area (Å²) in [4.78, 5) is 38.2. The number of carbonyl (C=O) groups excluding carboxylic acids is 3. The molecule has 0 radical (unpaired) electrons. The van der Waals surface area contributed by atoms with Crippen molar-refractivity contribution in [3.8, 4) is 11.5 Å². The number of unbranched alkanes of at least 4 members (excludes halogenated alkanes) is 1. The van der Waals surface area contributed by atoms with Gasteiger partial charge in [0.25, 0.3) is 0 Å². The molecule has 0 spiro atoms. The van der Waals surface area contributed by atoms with E-state index >= 15 is 0 Å². The lowest BCUT2D eigenvalue weighted by molar-refractivity contribution is -0.137. The minimum Gasteiger partial charge on any atom is -0.508 e. The molecule has 3 heterocycles. The van der Waals surface area contributed by atoms with Gasteiger partial charge in [-0.1, -0.05) is 42.8 Å². The molecule has 0 aliphatic carbocycles. The van der Waals surface area contributed by atoms with Crippen LogP contribution in [0.4, 0.5) is 23.7 Å². The molecular formula is C41H50F3N7O6S. The number of nitrogens with one attached hydrogen (secondary N) is 4. The summed E-state index contributed by atoms with van der Waals surface area (Å²) in [5.41, 5.74) is 2.76. The summed E-state index contributed by atoms with van der Waals surface area (Å²) in [6, 6.07) is 16.0. The average molecular weight is 826 g/mol. The van der Waals surface area contributed by atoms with Crippen LogP contribution in [0.3, 0.4) is 0 Å². The maximum absolute atomic E-state index is 14.0. The number of aromatic hydroxyl groups is 1. The van der Waals surface area contributed by atoms with Gasteiger partial charge in [-0.2, -0.15) is 24.9 Å². The molecule has 58 heavy (non-hydrogen) atoms. The number of hydrazine groups is 1. The summed E-state index contributed by atoms with van der Waals surface area (Å²) in [5.74, 6) is 6.79. The third kappa shape index (κ3) is 9.11. The fourth-order valence-corrected chi connectivity index (χ4v) is 9.06. The van der Waals surface area contributed by atoms with E-state index in [9.17, 15) is 32.7 Å². The number of nitrogens with zero attached hydrogens (tertiary/aromatic N) is 1. The minimum absolute atomic E-state index is 0.0636. The van der Waals surface area contributed by atoms with Gasteiger partial charge in [0.15, 0.2) is 0 Å². The van der Waals surface area contributed by atoms with Gasteiger partial charge in [0.1, 0.15) is 29.2 Å². The molecule has 4 atom stereocenters. The molecule has 13 nitrogen and oxygen atoms in total. The van der Waals surface area contributed by atoms with Crippen LogP contribution in [0.1, 0.15) is 75.6 Å². The first-order chi connectivity index (χ1) is 27.3. The number of amides is 4. The zero-order chi connectivity index (χ0) is 42.0. The lowest BCUT2D eigenvalue weighted by atomic mass is 9.70. The SMILES string of the molecule is CC(C)(NC(=O)CCCCC1SCC2NC(=O)NC21)OCC(C)(C)N(N)/C=C(\N)COc1ccc(C2(c3ccc(O)cc3)C(=O)Nc3c(C(F)(F)F)cccc32)cc1. The van der Waals surface area contributed by atoms with Crippen LogP contribution in [0.15, 0.2) is 78.6 Å². The van der Waals surface area contributed by atoms with Crippen LogP contribution in [0.2, 0.25) is 0 Å². The summed E-state index contributed by atoms with van der Waals surface area (Å²) >= 11 is 1.85. The summed E-state index contributed by atoms with van der Waals surface area (Å²) in [6.07, 6.45) is -0.337. The standard InChI is InChI=1S/C41H50F3N7O6S/c1-38(2,23-57-39(3,4)50-33(53)11-6-5-10-32-35-31(22-58-32)47-37(55)49-35)51(46)20-26(45)21-56-28-18-14-25(15-19-28)40(24-12-16-27(52)17-13-24)29-8-7-9-30(41(42,43)44)34(29)48-36(40)54/h7-9,12-20,31-32,35,52H,5-6,10-11,21-23,45-46H2,1-4H3,(H,48,54)(H,50,53)(H2,47,49,55)/b26-20-. The van der Waals surface area contributed by atoms with Crippen LogP contribution in [-0.2, 0) is 25.9 Å². The zero-order valence-corrected chi connectivity index (χ0v) is 33.6. The number of para-hydroxylation sites is 1. The molecule has 9 N–H and O–H groups in total. The molecule has 2 fully saturated rings. The van der Waals surface area contributed by atoms with Gasteiger partial charge >= 0.3 is 12.2 Å². The molecule has 4 unspecified atom stereocenters. The molecule has 2 saturated heterocycles. The fourth-order valence-electron chi connectivity index (χ4n) is 7.52. The maximum Gasteiger partial charge on any atom is 0.418 e. The van der Waals surface area contributed by atoms with Crippen molar-refractivity contribution in [2.75, 3.05) is 24.3 Å². The number of nitrogens with two attached hydrogens (primary N) is 2. The molecule has 0 aromatic heterocycles. The van der Waals surface area contributed by atoms with Crippen LogP contribution in [0.25, 0.3) is 0 Å². The van der Waals surface area contributed by atoms with Gasteiger partial charge in [-0.3, -0.25) is 9.59 Å². The molecule has 0 saturated carbocycles. The van der Waals surface area contributed by atoms with Crippen molar-refractivity contribution in [3.63, 3.8) is 0 Å². The number of ether oxygens (including phenoxy) is 2. The van der Waals surface area contributed by atoms with Gasteiger partial charge < -0.3 is 46.6 Å². The number of rotatable bonds is 16. The fraction of sp³-hybridized carbons (Fsp3) is 0.439. The van der Waals surface area contributed by atoms with E-state index in [4.69, 9.17) is 21.1 Å². The molecule has 3 aromatic rings. The first-order valence-electron chi connectivity index (χ1n) is 19.0. The van der Waals surface area contributed by atoms with Gasteiger partial charge in [0.05, 0.1) is 41.2 Å². The van der Waals surface area contributed by atoms with Crippen molar-refractivity contribution in [3.05, 3.63) is 101 Å². The second-order valence-corrected chi connectivity index (χ2v) is 17.2. The molecule has 312 valence electrons. The Morgan fingerprint density at radius 1 is 1.02 bits per heavy atom. The Hall–Kier alpha value is -5.13. The van der Waals surface area contributed by atoms with Crippen molar-refractivity contribution < 1.29 is 42.1 Å². The van der Waals surface area contributed by atoms with E-state index < -0.39 is 34.3 Å².